The molecule has 4 N–H and O–H groups in total. The molecule has 0 spiro atoms. The number of nitrogens with zero attached hydrogens (tertiary/aromatic N) is 1. The number of hydrogen-bond acceptors (Lipinski definition) is 6. The Balaban J connectivity index is 1.80. The number of hydrogen-bond donors (Lipinski definition) is 3. The molecule has 168 valence electrons. The second-order valence-electron chi connectivity index (χ2n) is 7.54. The van der Waals surface area contributed by atoms with Crippen LogP contribution in [0, 0.1) is 0 Å². The molecule has 8 nitrogen and oxygen atoms in total. The Bertz CT molecular complexity index is 875. The molecular weight excluding hydrogens is 416 g/mol. The third kappa shape index (κ3) is 7.15. The van der Waals surface area contributed by atoms with Gasteiger partial charge in [-0.3, -0.25) is 8.51 Å². The van der Waals surface area contributed by atoms with E-state index < -0.39 is 17.4 Å². The van der Waals surface area contributed by atoms with E-state index in [9.17, 15) is 13.6 Å². The van der Waals surface area contributed by atoms with Crippen LogP contribution in [-0.2, 0) is 22.5 Å². The van der Waals surface area contributed by atoms with E-state index in [-0.39, 0.29) is 13.2 Å². The smallest absolute Gasteiger partial charge is 0.404 e. The molecule has 1 atom stereocenters. The summed E-state index contributed by atoms with van der Waals surface area (Å²) < 4.78 is 29.4. The van der Waals surface area contributed by atoms with Crippen molar-refractivity contribution in [3.63, 3.8) is 0 Å². The molecule has 1 aliphatic rings. The lowest BCUT2D eigenvalue weighted by molar-refractivity contribution is 0.160. The maximum atomic E-state index is 11.8. The Morgan fingerprint density at radius 2 is 1.87 bits per heavy atom. The van der Waals surface area contributed by atoms with Crippen LogP contribution in [0.15, 0.2) is 48.5 Å². The van der Waals surface area contributed by atoms with Crippen molar-refractivity contribution in [2.24, 2.45) is 5.73 Å². The van der Waals surface area contributed by atoms with Crippen molar-refractivity contribution < 1.29 is 18.3 Å². The highest BCUT2D eigenvalue weighted by molar-refractivity contribution is 7.80. The van der Waals surface area contributed by atoms with E-state index in [1.807, 2.05) is 36.4 Å². The Morgan fingerprint density at radius 1 is 1.13 bits per heavy atom. The van der Waals surface area contributed by atoms with Crippen LogP contribution in [0.5, 0.6) is 0 Å². The lowest BCUT2D eigenvalue weighted by atomic mass is 9.95. The van der Waals surface area contributed by atoms with Crippen molar-refractivity contribution >= 4 is 34.4 Å². The van der Waals surface area contributed by atoms with Gasteiger partial charge in [0, 0.05) is 23.9 Å². The number of anilines is 3. The van der Waals surface area contributed by atoms with Crippen LogP contribution in [0.3, 0.4) is 0 Å². The van der Waals surface area contributed by atoms with Crippen LogP contribution in [0.2, 0.25) is 0 Å². The van der Waals surface area contributed by atoms with E-state index >= 15 is 0 Å². The van der Waals surface area contributed by atoms with E-state index in [0.29, 0.717) is 18.3 Å². The molecule has 0 bridgehead atoms. The fourth-order valence-corrected chi connectivity index (χ4v) is 4.25. The Hall–Kier alpha value is -2.78. The molecule has 1 fully saturated rings. The number of primary amides is 1. The Labute approximate surface area is 185 Å². The minimum absolute atomic E-state index is 0.0213. The van der Waals surface area contributed by atoms with Gasteiger partial charge in [-0.25, -0.2) is 4.79 Å². The first kappa shape index (κ1) is 22.9. The minimum atomic E-state index is -2.53. The molecule has 9 heteroatoms. The first-order valence-electron chi connectivity index (χ1n) is 10.5. The molecule has 2 aromatic carbocycles. The van der Waals surface area contributed by atoms with Crippen molar-refractivity contribution in [3.05, 3.63) is 54.1 Å². The predicted molar refractivity (Wildman–Crippen MR) is 123 cm³/mol. The minimum Gasteiger partial charge on any atom is -0.755 e. The first-order chi connectivity index (χ1) is 15.0. The van der Waals surface area contributed by atoms with Crippen LogP contribution in [0.4, 0.5) is 21.9 Å². The maximum Gasteiger partial charge on any atom is 0.404 e. The number of nitrogens with two attached hydrogens (primary N) is 1. The summed E-state index contributed by atoms with van der Waals surface area (Å²) in [5, 5.41) is 7.05. The van der Waals surface area contributed by atoms with Gasteiger partial charge in [-0.15, -0.1) is 0 Å². The van der Waals surface area contributed by atoms with E-state index in [2.05, 4.69) is 10.6 Å². The largest absolute Gasteiger partial charge is 0.755 e. The molecule has 0 saturated heterocycles. The van der Waals surface area contributed by atoms with Crippen LogP contribution < -0.4 is 20.7 Å². The van der Waals surface area contributed by atoms with E-state index in [1.165, 1.54) is 19.3 Å². The quantitative estimate of drug-likeness (QED) is 0.479. The zero-order valence-electron chi connectivity index (χ0n) is 17.4. The average molecular weight is 446 g/mol. The van der Waals surface area contributed by atoms with Crippen LogP contribution in [-0.4, -0.2) is 34.0 Å². The van der Waals surface area contributed by atoms with E-state index in [1.54, 1.807) is 12.1 Å². The predicted octanol–water partition coefficient (Wildman–Crippen LogP) is 3.74. The van der Waals surface area contributed by atoms with Gasteiger partial charge in [0.05, 0.1) is 23.6 Å². The average Bonchev–Trinajstić information content (AvgIpc) is 2.77. The molecule has 2 aromatic rings. The molecule has 0 aromatic heterocycles. The summed E-state index contributed by atoms with van der Waals surface area (Å²) in [5.41, 5.74) is 8.33. The first-order valence-corrected chi connectivity index (χ1v) is 11.5. The van der Waals surface area contributed by atoms with Crippen molar-refractivity contribution in [3.8, 4) is 0 Å². The molecule has 1 amide bonds. The molecule has 0 aliphatic heterocycles. The van der Waals surface area contributed by atoms with Gasteiger partial charge in [-0.1, -0.05) is 49.6 Å². The molecule has 1 aliphatic carbocycles. The number of rotatable bonds is 10. The molecule has 3 rings (SSSR count). The summed E-state index contributed by atoms with van der Waals surface area (Å²) in [6.07, 6.45) is 5.01. The summed E-state index contributed by atoms with van der Waals surface area (Å²) in [6, 6.07) is 15.8. The number of ether oxygens (including phenoxy) is 1. The van der Waals surface area contributed by atoms with Gasteiger partial charge in [0.2, 0.25) is 0 Å². The number of amides is 1. The normalized spacial score (nSPS) is 15.1. The van der Waals surface area contributed by atoms with Crippen molar-refractivity contribution in [1.29, 1.82) is 0 Å². The summed E-state index contributed by atoms with van der Waals surface area (Å²) in [4.78, 5) is 10.8. The zero-order valence-corrected chi connectivity index (χ0v) is 18.2. The van der Waals surface area contributed by atoms with Gasteiger partial charge in [0.1, 0.15) is 6.61 Å². The van der Waals surface area contributed by atoms with Crippen LogP contribution in [0.25, 0.3) is 0 Å². The second-order valence-corrected chi connectivity index (χ2v) is 8.41. The molecule has 1 unspecified atom stereocenters. The fraction of sp³-hybridized carbons (Fsp3) is 0.409. The highest BCUT2D eigenvalue weighted by Gasteiger charge is 2.16. The Morgan fingerprint density at radius 3 is 2.55 bits per heavy atom. The summed E-state index contributed by atoms with van der Waals surface area (Å²) in [7, 11) is 0. The monoisotopic (exact) mass is 445 g/mol. The standard InChI is InChI=1S/C22H30N4O4S/c23-22(27)30-14-13-26(31(28)29)19-11-12-20(25-18-9-5-2-6-10-18)21(15-19)24-16-17-7-3-1-4-8-17/h1,3-4,7-8,11-12,15,18,24-25H,2,5-6,9-10,13-14,16H2,(H2,23,27)(H,28,29)/p-1. The zero-order chi connectivity index (χ0) is 22.1. The third-order valence-corrected chi connectivity index (χ3v) is 6.05. The molecule has 0 heterocycles. The van der Waals surface area contributed by atoms with Gasteiger partial charge in [-0.2, -0.15) is 0 Å². The number of benzene rings is 2. The lowest BCUT2D eigenvalue weighted by Gasteiger charge is -2.29. The van der Waals surface area contributed by atoms with Crippen LogP contribution >= 0.6 is 0 Å². The van der Waals surface area contributed by atoms with Gasteiger partial charge in [0.15, 0.2) is 0 Å². The van der Waals surface area contributed by atoms with E-state index in [4.69, 9.17) is 10.5 Å². The van der Waals surface area contributed by atoms with Crippen molar-refractivity contribution in [2.75, 3.05) is 28.1 Å². The summed E-state index contributed by atoms with van der Waals surface area (Å²) >= 11 is -2.53. The Kier molecular flexibility index (Phi) is 8.54. The number of nitrogens with one attached hydrogen (secondary N) is 2. The molecule has 0 radical (unpaired) electrons. The maximum absolute atomic E-state index is 11.8. The van der Waals surface area contributed by atoms with Crippen molar-refractivity contribution in [1.82, 2.24) is 0 Å². The summed E-state index contributed by atoms with van der Waals surface area (Å²) in [5.74, 6) is 0. The lowest BCUT2D eigenvalue weighted by Crippen LogP contribution is -2.31. The topological polar surface area (TPSA) is 120 Å². The molecule has 31 heavy (non-hydrogen) atoms. The number of carbonyl (C=O) groups excluding carboxylic acids is 1. The van der Waals surface area contributed by atoms with E-state index in [0.717, 1.165) is 34.1 Å². The fourth-order valence-electron chi connectivity index (χ4n) is 3.74. The third-order valence-electron chi connectivity index (χ3n) is 5.30. The molecule has 1 saturated carbocycles. The van der Waals surface area contributed by atoms with Crippen molar-refractivity contribution in [2.45, 2.75) is 44.7 Å². The van der Waals surface area contributed by atoms with Gasteiger partial charge in [0.25, 0.3) is 0 Å². The SMILES string of the molecule is NC(=O)OCCN(c1ccc(NC2CCCCC2)c(NCc2ccccc2)c1)S(=O)[O-]. The van der Waals surface area contributed by atoms with Gasteiger partial charge >= 0.3 is 6.09 Å². The van der Waals surface area contributed by atoms with Crippen LogP contribution in [0.1, 0.15) is 37.7 Å². The highest BCUT2D eigenvalue weighted by Crippen LogP contribution is 2.31. The van der Waals surface area contributed by atoms with Gasteiger partial charge < -0.3 is 25.7 Å². The second kappa shape index (κ2) is 11.6. The highest BCUT2D eigenvalue weighted by atomic mass is 32.2. The summed E-state index contributed by atoms with van der Waals surface area (Å²) in [6.45, 7) is 0.458. The molecular formula is C22H29N4O4S-. The number of carbonyl (C=O) groups is 1. The van der Waals surface area contributed by atoms with Gasteiger partial charge in [-0.05, 0) is 36.6 Å².